The number of ether oxygens (including phenoxy) is 2. The summed E-state index contributed by atoms with van der Waals surface area (Å²) in [5.74, 6) is 1.38. The Morgan fingerprint density at radius 1 is 0.636 bits per heavy atom. The standard InChI is InChI=1S/2C11H17.2C4H8O.Sm/c2*1-9(2)11(3,4)10-7-5-6-8-10;2*1-2-4-5-3-1;/h2*5,7,9H,6H2,1-4H3;2*1-4H2;/q2*-1;;;. The van der Waals surface area contributed by atoms with Gasteiger partial charge in [-0.1, -0.05) is 55.4 Å². The Kier molecular flexibility index (Phi) is 17.7. The van der Waals surface area contributed by atoms with Crippen LogP contribution < -0.4 is 0 Å². The molecule has 0 aromatic carbocycles. The van der Waals surface area contributed by atoms with Crippen molar-refractivity contribution in [3.05, 3.63) is 47.6 Å². The monoisotopic (exact) mass is 594 g/mol. The van der Waals surface area contributed by atoms with E-state index in [0.717, 1.165) is 39.3 Å². The first-order chi connectivity index (χ1) is 15.1. The van der Waals surface area contributed by atoms with Crippen LogP contribution >= 0.6 is 0 Å². The van der Waals surface area contributed by atoms with Crippen LogP contribution in [0, 0.1) is 75.2 Å². The van der Waals surface area contributed by atoms with Crippen LogP contribution in [-0.4, -0.2) is 26.4 Å². The Morgan fingerprint density at radius 2 is 0.939 bits per heavy atom. The van der Waals surface area contributed by atoms with Gasteiger partial charge in [0.15, 0.2) is 0 Å². The number of allylic oxidation sites excluding steroid dienone is 8. The summed E-state index contributed by atoms with van der Waals surface area (Å²) in [4.78, 5) is 0. The third-order valence-electron chi connectivity index (χ3n) is 7.32. The van der Waals surface area contributed by atoms with Crippen LogP contribution in [0.1, 0.15) is 93.9 Å². The van der Waals surface area contributed by atoms with Gasteiger partial charge in [0, 0.05) is 66.8 Å². The third-order valence-corrected chi connectivity index (χ3v) is 7.32. The molecular weight excluding hydrogens is 543 g/mol. The molecule has 2 aliphatic carbocycles. The molecule has 2 heterocycles. The zero-order valence-corrected chi connectivity index (χ0v) is 25.4. The molecule has 2 saturated heterocycles. The smallest absolute Gasteiger partial charge is 0.0466 e. The van der Waals surface area contributed by atoms with Crippen LogP contribution in [0.2, 0.25) is 0 Å². The Bertz CT molecular complexity index is 556. The fourth-order valence-electron chi connectivity index (χ4n) is 3.34. The molecular formula is C30H50O2Sm-2. The average molecular weight is 593 g/mol. The average Bonchev–Trinajstić information content (AvgIpc) is 3.58. The van der Waals surface area contributed by atoms with Crippen LogP contribution in [0.25, 0.3) is 0 Å². The van der Waals surface area contributed by atoms with Gasteiger partial charge in [0.05, 0.1) is 0 Å². The van der Waals surface area contributed by atoms with Crippen LogP contribution in [0.5, 0.6) is 0 Å². The quantitative estimate of drug-likeness (QED) is 0.306. The fourth-order valence-corrected chi connectivity index (χ4v) is 3.34. The zero-order chi connectivity index (χ0) is 24.0. The Hall–Kier alpha value is 0.218. The van der Waals surface area contributed by atoms with Crippen LogP contribution in [-0.2, 0) is 9.47 Å². The van der Waals surface area contributed by atoms with Gasteiger partial charge >= 0.3 is 0 Å². The zero-order valence-electron chi connectivity index (χ0n) is 22.8. The van der Waals surface area contributed by atoms with E-state index in [2.05, 4.69) is 91.8 Å². The minimum Gasteiger partial charge on any atom is -0.381 e. The predicted octanol–water partition coefficient (Wildman–Crippen LogP) is 8.31. The number of hydrogen-bond acceptors (Lipinski definition) is 2. The molecule has 0 radical (unpaired) electrons. The molecule has 0 bridgehead atoms. The molecule has 4 rings (SSSR count). The van der Waals surface area contributed by atoms with Gasteiger partial charge in [0.25, 0.3) is 0 Å². The van der Waals surface area contributed by atoms with Crippen LogP contribution in [0.15, 0.2) is 35.5 Å². The molecule has 2 aliphatic heterocycles. The summed E-state index contributed by atoms with van der Waals surface area (Å²) in [5.41, 5.74) is 3.36. The molecule has 0 saturated carbocycles. The van der Waals surface area contributed by atoms with E-state index >= 15 is 0 Å². The fraction of sp³-hybridized carbons (Fsp3) is 0.733. The first kappa shape index (κ1) is 33.2. The molecule has 0 atom stereocenters. The van der Waals surface area contributed by atoms with E-state index in [4.69, 9.17) is 9.47 Å². The number of hydrogen-bond donors (Lipinski definition) is 0. The van der Waals surface area contributed by atoms with Crippen molar-refractivity contribution in [2.75, 3.05) is 26.4 Å². The molecule has 0 N–H and O–H groups in total. The first-order valence-corrected chi connectivity index (χ1v) is 12.8. The van der Waals surface area contributed by atoms with Crippen molar-refractivity contribution in [1.82, 2.24) is 0 Å². The second-order valence-electron chi connectivity index (χ2n) is 10.8. The molecule has 190 valence electrons. The van der Waals surface area contributed by atoms with Gasteiger partial charge in [-0.25, -0.2) is 23.3 Å². The maximum Gasteiger partial charge on any atom is 0.0466 e. The van der Waals surface area contributed by atoms with Gasteiger partial charge < -0.3 is 9.47 Å². The second-order valence-corrected chi connectivity index (χ2v) is 10.8. The van der Waals surface area contributed by atoms with Crippen LogP contribution in [0.3, 0.4) is 0 Å². The van der Waals surface area contributed by atoms with E-state index in [1.165, 1.54) is 36.8 Å². The summed E-state index contributed by atoms with van der Waals surface area (Å²) in [6.07, 6.45) is 22.7. The van der Waals surface area contributed by atoms with E-state index in [9.17, 15) is 0 Å². The van der Waals surface area contributed by atoms with Gasteiger partial charge in [0.1, 0.15) is 0 Å². The molecule has 3 heteroatoms. The van der Waals surface area contributed by atoms with Crippen molar-refractivity contribution < 1.29 is 49.9 Å². The SMILES string of the molecule is C1CCOC1.C1CCOC1.CC(C)C(C)(C)C1=[C-]CC=C1.CC(C)C(C)(C)C1=[C-]CC=C1.[Sm]. The summed E-state index contributed by atoms with van der Waals surface area (Å²) in [6, 6.07) is 0. The van der Waals surface area contributed by atoms with Crippen molar-refractivity contribution in [3.8, 4) is 0 Å². The summed E-state index contributed by atoms with van der Waals surface area (Å²) >= 11 is 0. The van der Waals surface area contributed by atoms with Crippen molar-refractivity contribution in [1.29, 1.82) is 0 Å². The second kappa shape index (κ2) is 17.6. The van der Waals surface area contributed by atoms with Crippen molar-refractivity contribution in [2.45, 2.75) is 93.9 Å². The number of rotatable bonds is 4. The normalized spacial score (nSPS) is 19.1. The third kappa shape index (κ3) is 12.7. The van der Waals surface area contributed by atoms with E-state index in [-0.39, 0.29) is 40.4 Å². The minimum atomic E-state index is 0. The van der Waals surface area contributed by atoms with E-state index < -0.39 is 0 Å². The summed E-state index contributed by atoms with van der Waals surface area (Å²) in [6.45, 7) is 22.2. The molecule has 2 nitrogen and oxygen atoms in total. The van der Waals surface area contributed by atoms with Crippen molar-refractivity contribution >= 4 is 0 Å². The molecule has 2 fully saturated rings. The van der Waals surface area contributed by atoms with Crippen LogP contribution in [0.4, 0.5) is 0 Å². The van der Waals surface area contributed by atoms with E-state index in [1.54, 1.807) is 0 Å². The molecule has 0 aromatic heterocycles. The molecule has 33 heavy (non-hydrogen) atoms. The van der Waals surface area contributed by atoms with Gasteiger partial charge in [-0.05, 0) is 48.3 Å². The van der Waals surface area contributed by atoms with E-state index in [1.807, 2.05) is 0 Å². The van der Waals surface area contributed by atoms with Gasteiger partial charge in [-0.2, -0.15) is 12.2 Å². The predicted molar refractivity (Wildman–Crippen MR) is 138 cm³/mol. The maximum atomic E-state index is 4.94. The van der Waals surface area contributed by atoms with E-state index in [0.29, 0.717) is 22.7 Å². The summed E-state index contributed by atoms with van der Waals surface area (Å²) in [7, 11) is 0. The molecule has 4 aliphatic rings. The largest absolute Gasteiger partial charge is 0.381 e. The molecule has 0 aromatic rings. The minimum absolute atomic E-state index is 0. The van der Waals surface area contributed by atoms with Crippen molar-refractivity contribution in [3.63, 3.8) is 0 Å². The molecule has 0 unspecified atom stereocenters. The maximum absolute atomic E-state index is 4.94. The van der Waals surface area contributed by atoms with Crippen molar-refractivity contribution in [2.24, 2.45) is 22.7 Å². The Balaban J connectivity index is 0.000000434. The van der Waals surface area contributed by atoms with Gasteiger partial charge in [-0.15, -0.1) is 12.8 Å². The first-order valence-electron chi connectivity index (χ1n) is 12.8. The Labute approximate surface area is 238 Å². The topological polar surface area (TPSA) is 18.5 Å². The van der Waals surface area contributed by atoms with Gasteiger partial charge in [-0.3, -0.25) is 12.2 Å². The molecule has 0 amide bonds. The molecule has 0 spiro atoms. The summed E-state index contributed by atoms with van der Waals surface area (Å²) < 4.78 is 9.89. The Morgan fingerprint density at radius 3 is 1.09 bits per heavy atom. The van der Waals surface area contributed by atoms with Gasteiger partial charge in [0.2, 0.25) is 0 Å². The summed E-state index contributed by atoms with van der Waals surface area (Å²) in [5, 5.41) is 0.